The Kier molecular flexibility index (Phi) is 26.2. The van der Waals surface area contributed by atoms with E-state index < -0.39 is 63.5 Å². The van der Waals surface area contributed by atoms with Crippen LogP contribution in [0, 0.1) is 46.3 Å². The average molecular weight is 1250 g/mol. The summed E-state index contributed by atoms with van der Waals surface area (Å²) in [4.78, 5) is 73.0. The first-order valence-corrected chi connectivity index (χ1v) is 36.1. The van der Waals surface area contributed by atoms with Gasteiger partial charge in [0.05, 0.1) is 88.5 Å². The van der Waals surface area contributed by atoms with Crippen LogP contribution in [0.5, 0.6) is 0 Å². The lowest BCUT2D eigenvalue weighted by Gasteiger charge is -2.40. The molecule has 2 fully saturated rings. The summed E-state index contributed by atoms with van der Waals surface area (Å²) in [7, 11) is -6.40. The van der Waals surface area contributed by atoms with Crippen molar-refractivity contribution in [3.8, 4) is 12.1 Å². The molecule has 26 nitrogen and oxygen atoms in total. The van der Waals surface area contributed by atoms with Crippen LogP contribution in [0.1, 0.15) is 136 Å². The number of aromatic nitrogens is 8. The third-order valence-corrected chi connectivity index (χ3v) is 26.6. The van der Waals surface area contributed by atoms with Gasteiger partial charge in [0.15, 0.2) is 51.4 Å². The number of carbonyl (C=O) groups is 2. The number of nitriles is 2. The van der Waals surface area contributed by atoms with Crippen molar-refractivity contribution in [2.75, 3.05) is 37.1 Å². The molecule has 9 atom stereocenters. The van der Waals surface area contributed by atoms with Crippen LogP contribution in [0.3, 0.4) is 0 Å². The van der Waals surface area contributed by atoms with E-state index in [0.29, 0.717) is 0 Å². The van der Waals surface area contributed by atoms with Gasteiger partial charge in [-0.25, -0.2) is 19.2 Å². The number of nitrogens with one attached hydrogen (secondary N) is 4. The number of imidazole rings is 2. The Bertz CT molecular complexity index is 3030. The van der Waals surface area contributed by atoms with E-state index in [1.165, 1.54) is 6.33 Å². The fourth-order valence-corrected chi connectivity index (χ4v) is 12.9. The summed E-state index contributed by atoms with van der Waals surface area (Å²) in [6.45, 7) is 41.8. The number of hydrogen-bond donors (Lipinski definition) is 5. The van der Waals surface area contributed by atoms with Crippen LogP contribution in [0.15, 0.2) is 22.2 Å². The minimum atomic E-state index is -2.29. The number of hydrogen-bond acceptors (Lipinski definition) is 20. The lowest BCUT2D eigenvalue weighted by Crippen LogP contribution is -2.47. The Morgan fingerprint density at radius 3 is 1.48 bits per heavy atom. The molecule has 4 aromatic heterocycles. The first kappa shape index (κ1) is 71.7. The molecular formula is C54H91N13O13P2Si2. The van der Waals surface area contributed by atoms with Crippen LogP contribution >= 0.6 is 17.2 Å². The maximum absolute atomic E-state index is 13.0. The highest BCUT2D eigenvalue weighted by atomic mass is 31.2. The second-order valence-corrected chi connectivity index (χ2v) is 36.5. The Morgan fingerprint density at radius 1 is 0.738 bits per heavy atom. The van der Waals surface area contributed by atoms with Gasteiger partial charge >= 0.3 is 8.69 Å². The van der Waals surface area contributed by atoms with Gasteiger partial charge in [-0.05, 0) is 64.0 Å². The highest BCUT2D eigenvalue weighted by molar-refractivity contribution is 7.44. The van der Waals surface area contributed by atoms with Gasteiger partial charge in [0, 0.05) is 35.8 Å². The van der Waals surface area contributed by atoms with Gasteiger partial charge in [-0.2, -0.15) is 20.5 Å². The number of amides is 2. The van der Waals surface area contributed by atoms with Crippen molar-refractivity contribution < 1.29 is 51.2 Å². The first-order valence-electron chi connectivity index (χ1n) is 28.4. The lowest BCUT2D eigenvalue weighted by atomic mass is 10.0. The van der Waals surface area contributed by atoms with E-state index in [0.717, 1.165) is 0 Å². The number of aromatic amines is 2. The van der Waals surface area contributed by atoms with Crippen LogP contribution in [0.2, 0.25) is 36.3 Å². The van der Waals surface area contributed by atoms with Gasteiger partial charge < -0.3 is 32.5 Å². The highest BCUT2D eigenvalue weighted by Crippen LogP contribution is 2.49. The van der Waals surface area contributed by atoms with E-state index >= 15 is 0 Å². The van der Waals surface area contributed by atoms with E-state index in [1.54, 1.807) is 49.2 Å². The number of nitrogens with zero attached hydrogens (tertiary/aromatic N) is 9. The van der Waals surface area contributed by atoms with Crippen molar-refractivity contribution in [3.63, 3.8) is 0 Å². The number of fused-ring (bicyclic) bond motifs is 2. The summed E-state index contributed by atoms with van der Waals surface area (Å²) in [5, 5.41) is 29.8. The molecule has 0 bridgehead atoms. The van der Waals surface area contributed by atoms with Gasteiger partial charge in [-0.1, -0.05) is 83.1 Å². The summed E-state index contributed by atoms with van der Waals surface area (Å²) in [6.07, 6.45) is 0.703. The maximum atomic E-state index is 13.0. The lowest BCUT2D eigenvalue weighted by molar-refractivity contribution is -0.119. The SMILES string of the molecule is CC(C)C(=O)Nc1nc2c(ncn2[C@@H]2O[C@H](COP(OCCC#N)N(C(C)C)C(C)C)[C@@H](C)[C@H]2O[Si](C)(C)C(C)(C)C)c(=O)[nH]1.CC(C)C(=O)Nc1nc2c(ncn2[C@@H]2O[C@H](COP=O)[C@@H](C)[C@H]2O[Si](C)(C)C(C)(C)C)c(=O)[nH]1.N#CCCO. The molecule has 2 aliphatic rings. The van der Waals surface area contributed by atoms with Crippen LogP contribution in [0.4, 0.5) is 11.9 Å². The summed E-state index contributed by atoms with van der Waals surface area (Å²) < 4.78 is 61.0. The predicted octanol–water partition coefficient (Wildman–Crippen LogP) is 9.68. The summed E-state index contributed by atoms with van der Waals surface area (Å²) in [5.41, 5.74) is -0.115. The monoisotopic (exact) mass is 1250 g/mol. The van der Waals surface area contributed by atoms with Crippen LogP contribution < -0.4 is 21.8 Å². The van der Waals surface area contributed by atoms with Crippen LogP contribution in [-0.2, 0) is 46.1 Å². The number of anilines is 2. The zero-order valence-electron chi connectivity index (χ0n) is 52.6. The molecule has 84 heavy (non-hydrogen) atoms. The third kappa shape index (κ3) is 18.2. The molecule has 0 aromatic carbocycles. The van der Waals surface area contributed by atoms with Crippen molar-refractivity contribution in [2.45, 2.75) is 209 Å². The average Bonchev–Trinajstić information content (AvgIpc) is 1.91. The molecule has 1 unspecified atom stereocenters. The summed E-state index contributed by atoms with van der Waals surface area (Å²) >= 11 is 0. The normalized spacial score (nSPS) is 21.7. The molecule has 5 N–H and O–H groups in total. The molecule has 0 radical (unpaired) electrons. The van der Waals surface area contributed by atoms with Crippen molar-refractivity contribution >= 4 is 79.9 Å². The summed E-state index contributed by atoms with van der Waals surface area (Å²) in [5.74, 6) is -1.24. The Balaban J connectivity index is 0.000000344. The summed E-state index contributed by atoms with van der Waals surface area (Å²) in [6, 6.07) is 4.23. The minimum absolute atomic E-state index is 0.0174. The number of H-pyrrole nitrogens is 2. The molecule has 2 aliphatic heterocycles. The largest absolute Gasteiger partial charge is 0.409 e. The van der Waals surface area contributed by atoms with Gasteiger partial charge in [-0.15, -0.1) is 0 Å². The maximum Gasteiger partial charge on any atom is 0.327 e. The van der Waals surface area contributed by atoms with E-state index in [1.807, 2.05) is 6.92 Å². The zero-order valence-corrected chi connectivity index (χ0v) is 56.4. The molecular weight excluding hydrogens is 1160 g/mol. The quantitative estimate of drug-likeness (QED) is 0.0262. The van der Waals surface area contributed by atoms with Crippen molar-refractivity contribution in [1.29, 1.82) is 10.5 Å². The van der Waals surface area contributed by atoms with Gasteiger partial charge in [0.1, 0.15) is 0 Å². The Labute approximate surface area is 498 Å². The Hall–Kier alpha value is -4.78. The van der Waals surface area contributed by atoms with Gasteiger partial charge in [0.25, 0.3) is 19.6 Å². The molecule has 30 heteroatoms. The van der Waals surface area contributed by atoms with Crippen molar-refractivity contribution in [1.82, 2.24) is 43.7 Å². The molecule has 4 aromatic rings. The molecule has 468 valence electrons. The number of ether oxygens (including phenoxy) is 2. The number of aliphatic hydroxyl groups is 1. The number of rotatable bonds is 23. The van der Waals surface area contributed by atoms with E-state index in [-0.39, 0.29) is 149 Å². The minimum Gasteiger partial charge on any atom is -0.409 e. The molecule has 0 saturated carbocycles. The van der Waals surface area contributed by atoms with E-state index in [2.05, 4.69) is 154 Å². The van der Waals surface area contributed by atoms with Crippen molar-refractivity contribution in [3.05, 3.63) is 33.4 Å². The number of carbonyl (C=O) groups excluding carboxylic acids is 2. The van der Waals surface area contributed by atoms with Crippen LogP contribution in [0.25, 0.3) is 22.3 Å². The topological polar surface area (TPSA) is 338 Å². The first-order chi connectivity index (χ1) is 39.1. The molecule has 2 saturated heterocycles. The van der Waals surface area contributed by atoms with Gasteiger partial charge in [0.2, 0.25) is 23.7 Å². The zero-order chi connectivity index (χ0) is 63.4. The molecule has 6 heterocycles. The molecule has 2 amide bonds. The standard InChI is InChI=1S/C30H52N7O6PSi.C21H34N5O6PSi.C3H5NO/c1-18(2)26(38)34-29-33-25-23(27(39)35-29)32-17-36(25)28-24(43-45(11,12)30(8,9)10)21(7)22(42-28)16-41-44(40-15-13-14-31)37(19(3)4)20(5)6;1-11(2)17(27)24-20-23-16-14(18(28)25-20)22-10-26(16)19-15(32-34(7,8)21(4,5)6)12(3)13(31-19)9-30-33-29;4-2-1-3-5/h17-22,24,28H,13,15-16H2,1-12H3,(H2,33,34,35,38,39);10-13,15,19H,9H2,1-8H3,(H2,23,24,25,27,28);5H,1,3H2/t21-,22-,24-,28-,44?;12-,13-,15-,19-;/m11./s1. The smallest absolute Gasteiger partial charge is 0.327 e. The third-order valence-electron chi connectivity index (χ3n) is 15.3. The number of aliphatic hydroxyl groups excluding tert-OH is 1. The highest BCUT2D eigenvalue weighted by Gasteiger charge is 2.52. The molecule has 0 spiro atoms. The van der Waals surface area contributed by atoms with Crippen LogP contribution in [-0.4, -0.2) is 140 Å². The van der Waals surface area contributed by atoms with Gasteiger partial charge in [-0.3, -0.25) is 53.4 Å². The fraction of sp³-hybridized carbons (Fsp3) is 0.741. The van der Waals surface area contributed by atoms with Crippen molar-refractivity contribution in [2.24, 2.45) is 23.7 Å². The van der Waals surface area contributed by atoms with E-state index in [9.17, 15) is 23.7 Å². The Morgan fingerprint density at radius 2 is 1.14 bits per heavy atom. The van der Waals surface area contributed by atoms with E-state index in [4.69, 9.17) is 47.5 Å². The second kappa shape index (κ2) is 30.7. The fourth-order valence-electron chi connectivity index (χ4n) is 8.37. The molecule has 6 rings (SSSR count). The molecule has 0 aliphatic carbocycles. The second-order valence-electron chi connectivity index (χ2n) is 25.1. The predicted molar refractivity (Wildman–Crippen MR) is 326 cm³/mol.